The monoisotopic (exact) mass is 190 g/mol. The van der Waals surface area contributed by atoms with Crippen LogP contribution in [0.5, 0.6) is 0 Å². The molecule has 2 unspecified atom stereocenters. The maximum Gasteiger partial charge on any atom is 0.333 e. The normalized spacial score (nSPS) is 14.9. The second-order valence-electron chi connectivity index (χ2n) is 2.69. The second kappa shape index (κ2) is 5.09. The van der Waals surface area contributed by atoms with Crippen LogP contribution in [-0.2, 0) is 20.3 Å². The lowest BCUT2D eigenvalue weighted by molar-refractivity contribution is -0.138. The Labute approximate surface area is 75.3 Å². The third kappa shape index (κ3) is 4.28. The van der Waals surface area contributed by atoms with E-state index in [1.807, 2.05) is 0 Å². The van der Waals surface area contributed by atoms with E-state index in [-0.39, 0.29) is 11.9 Å². The van der Waals surface area contributed by atoms with Crippen LogP contribution >= 0.6 is 0 Å². The van der Waals surface area contributed by atoms with Crippen LogP contribution in [-0.4, -0.2) is 28.3 Å². The molecule has 0 aliphatic carbocycles. The molecule has 2 atom stereocenters. The molecule has 0 amide bonds. The zero-order valence-electron chi connectivity index (χ0n) is 7.62. The molecule has 70 valence electrons. The molecule has 12 heavy (non-hydrogen) atoms. The molecular weight excluding hydrogens is 176 g/mol. The van der Waals surface area contributed by atoms with E-state index >= 15 is 0 Å². The Balaban J connectivity index is 3.76. The van der Waals surface area contributed by atoms with Gasteiger partial charge in [-0.2, -0.15) is 0 Å². The summed E-state index contributed by atoms with van der Waals surface area (Å²) in [5.74, 6) is -0.424. The molecule has 0 heterocycles. The number of hydrogen-bond acceptors (Lipinski definition) is 3. The van der Waals surface area contributed by atoms with E-state index in [1.165, 1.54) is 0 Å². The van der Waals surface area contributed by atoms with Crippen LogP contribution < -0.4 is 0 Å². The fourth-order valence-electron chi connectivity index (χ4n) is 0.412. The molecule has 0 rings (SSSR count). The molecule has 0 aromatic carbocycles. The molecule has 0 saturated carbocycles. The van der Waals surface area contributed by atoms with Gasteiger partial charge in [0.15, 0.2) is 0 Å². The molecule has 0 bridgehead atoms. The first-order chi connectivity index (χ1) is 5.45. The fraction of sp³-hybridized carbons (Fsp3) is 0.625. The van der Waals surface area contributed by atoms with Gasteiger partial charge in [-0.05, 0) is 13.8 Å². The average molecular weight is 190 g/mol. The fourth-order valence-corrected chi connectivity index (χ4v) is 0.672. The number of rotatable bonds is 4. The predicted molar refractivity (Wildman–Crippen MR) is 49.3 cm³/mol. The largest absolute Gasteiger partial charge is 0.461 e. The van der Waals surface area contributed by atoms with Crippen molar-refractivity contribution in [2.45, 2.75) is 19.1 Å². The number of esters is 1. The molecule has 0 fully saturated rings. The molecule has 4 heteroatoms. The number of carbonyl (C=O) groups is 1. The Morgan fingerprint density at radius 2 is 2.17 bits per heavy atom. The highest BCUT2D eigenvalue weighted by atomic mass is 32.2. The summed E-state index contributed by atoms with van der Waals surface area (Å²) in [6, 6.07) is 0. The average Bonchev–Trinajstić information content (AvgIpc) is 1.98. The van der Waals surface area contributed by atoms with Crippen LogP contribution in [0.25, 0.3) is 0 Å². The highest BCUT2D eigenvalue weighted by Gasteiger charge is 2.09. The Bertz CT molecular complexity index is 210. The van der Waals surface area contributed by atoms with Crippen molar-refractivity contribution in [2.24, 2.45) is 0 Å². The highest BCUT2D eigenvalue weighted by Crippen LogP contribution is 1.97. The van der Waals surface area contributed by atoms with Crippen LogP contribution in [0, 0.1) is 0 Å². The zero-order valence-corrected chi connectivity index (χ0v) is 8.44. The summed E-state index contributed by atoms with van der Waals surface area (Å²) < 4.78 is 15.6. The van der Waals surface area contributed by atoms with E-state index in [9.17, 15) is 9.00 Å². The third-order valence-corrected chi connectivity index (χ3v) is 2.63. The van der Waals surface area contributed by atoms with Gasteiger partial charge < -0.3 is 4.74 Å². The van der Waals surface area contributed by atoms with Gasteiger partial charge in [-0.1, -0.05) is 6.58 Å². The first-order valence-electron chi connectivity index (χ1n) is 3.60. The van der Waals surface area contributed by atoms with Crippen molar-refractivity contribution in [3.8, 4) is 0 Å². The zero-order chi connectivity index (χ0) is 9.72. The van der Waals surface area contributed by atoms with Crippen LogP contribution in [0.3, 0.4) is 0 Å². The van der Waals surface area contributed by atoms with Gasteiger partial charge in [0.1, 0.15) is 6.61 Å². The Morgan fingerprint density at radius 3 is 2.50 bits per heavy atom. The maximum atomic E-state index is 10.8. The molecule has 0 spiro atoms. The minimum Gasteiger partial charge on any atom is -0.461 e. The van der Waals surface area contributed by atoms with Gasteiger partial charge in [-0.15, -0.1) is 0 Å². The molecule has 0 saturated heterocycles. The van der Waals surface area contributed by atoms with Crippen molar-refractivity contribution < 1.29 is 13.7 Å². The molecule has 0 aromatic rings. The van der Waals surface area contributed by atoms with E-state index in [1.54, 1.807) is 20.1 Å². The van der Waals surface area contributed by atoms with E-state index in [0.29, 0.717) is 5.57 Å². The number of ether oxygens (including phenoxy) is 1. The Morgan fingerprint density at radius 1 is 1.67 bits per heavy atom. The minimum atomic E-state index is -0.947. The summed E-state index contributed by atoms with van der Waals surface area (Å²) in [6.45, 7) is 6.96. The Kier molecular flexibility index (Phi) is 4.81. The Hall–Kier alpha value is -0.640. The molecule has 0 aromatic heterocycles. The second-order valence-corrected chi connectivity index (χ2v) is 4.49. The molecule has 0 aliphatic rings. The topological polar surface area (TPSA) is 43.4 Å². The van der Waals surface area contributed by atoms with Crippen molar-refractivity contribution >= 4 is 16.8 Å². The summed E-state index contributed by atoms with van der Waals surface area (Å²) >= 11 is 0. The molecule has 0 aliphatic heterocycles. The number of hydrogen-bond donors (Lipinski definition) is 0. The minimum absolute atomic E-state index is 0.117. The van der Waals surface area contributed by atoms with Crippen molar-refractivity contribution in [3.63, 3.8) is 0 Å². The SMILES string of the molecule is C=C(C)C(=O)OCC(C)S(C)=O. The molecule has 3 nitrogen and oxygen atoms in total. The first-order valence-corrected chi connectivity index (χ1v) is 5.22. The van der Waals surface area contributed by atoms with Gasteiger partial charge in [0, 0.05) is 22.6 Å². The first kappa shape index (κ1) is 11.4. The summed E-state index contributed by atoms with van der Waals surface area (Å²) in [6.07, 6.45) is 1.58. The van der Waals surface area contributed by atoms with Gasteiger partial charge in [-0.25, -0.2) is 4.79 Å². The van der Waals surface area contributed by atoms with Crippen molar-refractivity contribution in [3.05, 3.63) is 12.2 Å². The predicted octanol–water partition coefficient (Wildman–Crippen LogP) is 0.873. The van der Waals surface area contributed by atoms with E-state index < -0.39 is 16.8 Å². The van der Waals surface area contributed by atoms with Crippen molar-refractivity contribution in [1.29, 1.82) is 0 Å². The van der Waals surface area contributed by atoms with Gasteiger partial charge in [0.25, 0.3) is 0 Å². The quantitative estimate of drug-likeness (QED) is 0.488. The van der Waals surface area contributed by atoms with Crippen molar-refractivity contribution in [1.82, 2.24) is 0 Å². The van der Waals surface area contributed by atoms with Crippen LogP contribution in [0.15, 0.2) is 12.2 Å². The maximum absolute atomic E-state index is 10.8. The summed E-state index contributed by atoms with van der Waals surface area (Å²) in [4.78, 5) is 10.8. The van der Waals surface area contributed by atoms with Crippen molar-refractivity contribution in [2.75, 3.05) is 12.9 Å². The highest BCUT2D eigenvalue weighted by molar-refractivity contribution is 7.84. The van der Waals surface area contributed by atoms with Gasteiger partial charge in [0.2, 0.25) is 0 Å². The molecule has 0 N–H and O–H groups in total. The molecule has 0 radical (unpaired) electrons. The summed E-state index contributed by atoms with van der Waals surface area (Å²) in [7, 11) is -0.947. The smallest absolute Gasteiger partial charge is 0.333 e. The molecular formula is C8H14O3S. The van der Waals surface area contributed by atoms with E-state index in [2.05, 4.69) is 6.58 Å². The van der Waals surface area contributed by atoms with Crippen LogP contribution in [0.2, 0.25) is 0 Å². The summed E-state index contributed by atoms with van der Waals surface area (Å²) in [5.41, 5.74) is 0.365. The van der Waals surface area contributed by atoms with E-state index in [4.69, 9.17) is 4.74 Å². The lowest BCUT2D eigenvalue weighted by Crippen LogP contribution is -2.19. The lowest BCUT2D eigenvalue weighted by atomic mass is 10.4. The van der Waals surface area contributed by atoms with Gasteiger partial charge >= 0.3 is 5.97 Å². The standard InChI is InChI=1S/C8H14O3S/c1-6(2)8(9)11-5-7(3)12(4)10/h7H,1,5H2,2-4H3. The van der Waals surface area contributed by atoms with Gasteiger partial charge in [0.05, 0.1) is 5.25 Å². The van der Waals surface area contributed by atoms with Crippen LogP contribution in [0.1, 0.15) is 13.8 Å². The van der Waals surface area contributed by atoms with Crippen LogP contribution in [0.4, 0.5) is 0 Å². The number of carbonyl (C=O) groups excluding carboxylic acids is 1. The third-order valence-electron chi connectivity index (χ3n) is 1.36. The van der Waals surface area contributed by atoms with E-state index in [0.717, 1.165) is 0 Å². The lowest BCUT2D eigenvalue weighted by Gasteiger charge is -2.08. The summed E-state index contributed by atoms with van der Waals surface area (Å²) in [5, 5.41) is -0.117. The van der Waals surface area contributed by atoms with Gasteiger partial charge in [-0.3, -0.25) is 4.21 Å².